The fourth-order valence-corrected chi connectivity index (χ4v) is 2.95. The molecule has 4 nitrogen and oxygen atoms in total. The van der Waals surface area contributed by atoms with E-state index in [4.69, 9.17) is 4.74 Å². The zero-order valence-electron chi connectivity index (χ0n) is 14.3. The lowest BCUT2D eigenvalue weighted by molar-refractivity contribution is 0.0635. The predicted octanol–water partition coefficient (Wildman–Crippen LogP) is 5.05. The Hall–Kier alpha value is -1.85. The molecule has 128 valence electrons. The van der Waals surface area contributed by atoms with E-state index in [1.807, 2.05) is 30.3 Å². The SMILES string of the molecule is CC(C)(C)OC(=O)Nc1ccc(Br)c(C(C)(O)c2ccccc2)c1. The van der Waals surface area contributed by atoms with Crippen molar-refractivity contribution < 1.29 is 14.6 Å². The summed E-state index contributed by atoms with van der Waals surface area (Å²) in [7, 11) is 0. The minimum absolute atomic E-state index is 0.532. The Morgan fingerprint density at radius 3 is 2.29 bits per heavy atom. The largest absolute Gasteiger partial charge is 0.444 e. The molecule has 0 spiro atoms. The second-order valence-corrected chi connectivity index (χ2v) is 7.61. The molecule has 0 saturated heterocycles. The third kappa shape index (κ3) is 4.58. The van der Waals surface area contributed by atoms with Gasteiger partial charge < -0.3 is 9.84 Å². The highest BCUT2D eigenvalue weighted by Gasteiger charge is 2.28. The molecule has 2 rings (SSSR count). The van der Waals surface area contributed by atoms with Gasteiger partial charge in [0.25, 0.3) is 0 Å². The average Bonchev–Trinajstić information content (AvgIpc) is 2.48. The number of ether oxygens (including phenoxy) is 1. The zero-order valence-corrected chi connectivity index (χ0v) is 15.8. The van der Waals surface area contributed by atoms with E-state index in [1.165, 1.54) is 0 Å². The molecule has 0 aliphatic heterocycles. The van der Waals surface area contributed by atoms with Crippen molar-refractivity contribution in [2.45, 2.75) is 38.9 Å². The Balaban J connectivity index is 2.31. The van der Waals surface area contributed by atoms with Gasteiger partial charge in [-0.2, -0.15) is 0 Å². The molecule has 0 aliphatic rings. The number of anilines is 1. The van der Waals surface area contributed by atoms with E-state index in [9.17, 15) is 9.90 Å². The highest BCUT2D eigenvalue weighted by molar-refractivity contribution is 9.10. The van der Waals surface area contributed by atoms with Crippen molar-refractivity contribution in [3.8, 4) is 0 Å². The third-order valence-electron chi connectivity index (χ3n) is 3.47. The molecule has 0 fully saturated rings. The van der Waals surface area contributed by atoms with Crippen LogP contribution in [0.1, 0.15) is 38.8 Å². The van der Waals surface area contributed by atoms with Crippen LogP contribution in [0.4, 0.5) is 10.5 Å². The Bertz CT molecular complexity index is 721. The van der Waals surface area contributed by atoms with Crippen LogP contribution in [0.2, 0.25) is 0 Å². The number of rotatable bonds is 3. The van der Waals surface area contributed by atoms with Crippen molar-refractivity contribution in [3.05, 3.63) is 64.1 Å². The van der Waals surface area contributed by atoms with Gasteiger partial charge in [0, 0.05) is 15.7 Å². The Morgan fingerprint density at radius 1 is 1.08 bits per heavy atom. The van der Waals surface area contributed by atoms with Gasteiger partial charge in [0.2, 0.25) is 0 Å². The van der Waals surface area contributed by atoms with E-state index < -0.39 is 17.3 Å². The first kappa shape index (κ1) is 18.5. The first-order valence-electron chi connectivity index (χ1n) is 7.67. The van der Waals surface area contributed by atoms with Gasteiger partial charge in [0.05, 0.1) is 0 Å². The van der Waals surface area contributed by atoms with Crippen LogP contribution < -0.4 is 5.32 Å². The maximum Gasteiger partial charge on any atom is 0.412 e. The topological polar surface area (TPSA) is 58.6 Å². The van der Waals surface area contributed by atoms with Crippen LogP contribution >= 0.6 is 15.9 Å². The van der Waals surface area contributed by atoms with Gasteiger partial charge in [-0.1, -0.05) is 46.3 Å². The van der Waals surface area contributed by atoms with Gasteiger partial charge in [-0.05, 0) is 51.5 Å². The first-order valence-corrected chi connectivity index (χ1v) is 8.47. The number of amides is 1. The number of nitrogens with one attached hydrogen (secondary N) is 1. The second kappa shape index (κ2) is 6.95. The molecule has 1 atom stereocenters. The number of hydrogen-bond acceptors (Lipinski definition) is 3. The van der Waals surface area contributed by atoms with Crippen LogP contribution in [0.15, 0.2) is 53.0 Å². The summed E-state index contributed by atoms with van der Waals surface area (Å²) in [5.74, 6) is 0. The summed E-state index contributed by atoms with van der Waals surface area (Å²) in [5, 5.41) is 13.7. The van der Waals surface area contributed by atoms with Crippen molar-refractivity contribution >= 4 is 27.7 Å². The zero-order chi connectivity index (χ0) is 18.0. The first-order chi connectivity index (χ1) is 11.1. The Morgan fingerprint density at radius 2 is 1.71 bits per heavy atom. The fourth-order valence-electron chi connectivity index (χ4n) is 2.32. The Kier molecular flexibility index (Phi) is 5.35. The van der Waals surface area contributed by atoms with Crippen LogP contribution in [0.3, 0.4) is 0 Å². The summed E-state index contributed by atoms with van der Waals surface area (Å²) >= 11 is 3.47. The van der Waals surface area contributed by atoms with E-state index in [0.717, 1.165) is 10.0 Å². The quantitative estimate of drug-likeness (QED) is 0.769. The van der Waals surface area contributed by atoms with Gasteiger partial charge in [-0.25, -0.2) is 4.79 Å². The summed E-state index contributed by atoms with van der Waals surface area (Å²) < 4.78 is 6.01. The van der Waals surface area contributed by atoms with E-state index in [2.05, 4.69) is 21.2 Å². The second-order valence-electron chi connectivity index (χ2n) is 6.76. The normalized spacial score (nSPS) is 13.9. The molecule has 0 radical (unpaired) electrons. The van der Waals surface area contributed by atoms with Gasteiger partial charge >= 0.3 is 6.09 Å². The van der Waals surface area contributed by atoms with E-state index in [1.54, 1.807) is 45.9 Å². The molecular weight excluding hydrogens is 370 g/mol. The summed E-state index contributed by atoms with van der Waals surface area (Å²) in [6.07, 6.45) is -0.532. The third-order valence-corrected chi connectivity index (χ3v) is 4.16. The predicted molar refractivity (Wildman–Crippen MR) is 99.1 cm³/mol. The van der Waals surface area contributed by atoms with Crippen molar-refractivity contribution in [2.75, 3.05) is 5.32 Å². The lowest BCUT2D eigenvalue weighted by Crippen LogP contribution is -2.27. The van der Waals surface area contributed by atoms with E-state index in [0.29, 0.717) is 11.3 Å². The van der Waals surface area contributed by atoms with Crippen molar-refractivity contribution in [1.82, 2.24) is 0 Å². The minimum Gasteiger partial charge on any atom is -0.444 e. The van der Waals surface area contributed by atoms with Crippen molar-refractivity contribution in [1.29, 1.82) is 0 Å². The summed E-state index contributed by atoms with van der Waals surface area (Å²) in [6.45, 7) is 7.14. The molecule has 2 aromatic rings. The molecule has 2 aromatic carbocycles. The van der Waals surface area contributed by atoms with Crippen LogP contribution in [0, 0.1) is 0 Å². The standard InChI is InChI=1S/C19H22BrNO3/c1-18(2,3)24-17(22)21-14-10-11-16(20)15(12-14)19(4,23)13-8-6-5-7-9-13/h5-12,23H,1-4H3,(H,21,22). The summed E-state index contributed by atoms with van der Waals surface area (Å²) in [6, 6.07) is 14.6. The maximum absolute atomic E-state index is 11.9. The summed E-state index contributed by atoms with van der Waals surface area (Å²) in [5.41, 5.74) is 0.199. The maximum atomic E-state index is 11.9. The molecule has 0 aromatic heterocycles. The Labute approximate surface area is 151 Å². The highest BCUT2D eigenvalue weighted by atomic mass is 79.9. The molecule has 0 saturated carbocycles. The van der Waals surface area contributed by atoms with Gasteiger partial charge in [0.1, 0.15) is 11.2 Å². The number of benzene rings is 2. The molecule has 5 heteroatoms. The number of hydrogen-bond donors (Lipinski definition) is 2. The van der Waals surface area contributed by atoms with Crippen LogP contribution in [-0.2, 0) is 10.3 Å². The lowest BCUT2D eigenvalue weighted by atomic mass is 9.88. The smallest absolute Gasteiger partial charge is 0.412 e. The molecule has 24 heavy (non-hydrogen) atoms. The minimum atomic E-state index is -1.20. The number of aliphatic hydroxyl groups is 1. The van der Waals surface area contributed by atoms with Gasteiger partial charge in [0.15, 0.2) is 0 Å². The van der Waals surface area contributed by atoms with E-state index in [-0.39, 0.29) is 0 Å². The van der Waals surface area contributed by atoms with Crippen LogP contribution in [0.5, 0.6) is 0 Å². The molecule has 1 unspecified atom stereocenters. The van der Waals surface area contributed by atoms with Gasteiger partial charge in [-0.15, -0.1) is 0 Å². The number of carbonyl (C=O) groups is 1. The van der Waals surface area contributed by atoms with Crippen LogP contribution in [0.25, 0.3) is 0 Å². The molecular formula is C19H22BrNO3. The summed E-state index contributed by atoms with van der Waals surface area (Å²) in [4.78, 5) is 11.9. The monoisotopic (exact) mass is 391 g/mol. The lowest BCUT2D eigenvalue weighted by Gasteiger charge is -2.26. The number of carbonyl (C=O) groups excluding carboxylic acids is 1. The van der Waals surface area contributed by atoms with Gasteiger partial charge in [-0.3, -0.25) is 5.32 Å². The fraction of sp³-hybridized carbons (Fsp3) is 0.316. The number of halogens is 1. The molecule has 0 heterocycles. The van der Waals surface area contributed by atoms with Crippen molar-refractivity contribution in [3.63, 3.8) is 0 Å². The van der Waals surface area contributed by atoms with Crippen molar-refractivity contribution in [2.24, 2.45) is 0 Å². The van der Waals surface area contributed by atoms with E-state index >= 15 is 0 Å². The molecule has 0 bridgehead atoms. The highest BCUT2D eigenvalue weighted by Crippen LogP contribution is 2.35. The van der Waals surface area contributed by atoms with Crippen LogP contribution in [-0.4, -0.2) is 16.8 Å². The average molecular weight is 392 g/mol. The molecule has 2 N–H and O–H groups in total. The molecule has 0 aliphatic carbocycles. The molecule has 1 amide bonds.